The maximum Gasteiger partial charge on any atom is 0.0629 e. The molecule has 4 heteroatoms. The molecule has 1 atom stereocenters. The average Bonchev–Trinajstić information content (AvgIpc) is 2.52. The van der Waals surface area contributed by atoms with E-state index in [2.05, 4.69) is 48.4 Å². The fourth-order valence-electron chi connectivity index (χ4n) is 2.03. The van der Waals surface area contributed by atoms with Crippen LogP contribution in [0, 0.1) is 0 Å². The topological polar surface area (TPSA) is 24.9 Å². The zero-order valence-electron chi connectivity index (χ0n) is 12.5. The molecule has 2 rings (SSSR count). The first-order chi connectivity index (χ1) is 10.2. The lowest BCUT2D eigenvalue weighted by atomic mass is 10.1. The van der Waals surface area contributed by atoms with Crippen molar-refractivity contribution >= 4 is 23.4 Å². The van der Waals surface area contributed by atoms with Gasteiger partial charge >= 0.3 is 0 Å². The van der Waals surface area contributed by atoms with Crippen molar-refractivity contribution in [2.45, 2.75) is 37.0 Å². The Hall–Kier alpha value is -1.03. The number of rotatable bonds is 7. The molecule has 112 valence electrons. The molecule has 0 aliphatic heterocycles. The molecule has 0 fully saturated rings. The number of nitrogens with one attached hydrogen (secondary N) is 1. The van der Waals surface area contributed by atoms with Gasteiger partial charge in [0.15, 0.2) is 0 Å². The van der Waals surface area contributed by atoms with Crippen molar-refractivity contribution in [2.24, 2.45) is 0 Å². The highest BCUT2D eigenvalue weighted by Crippen LogP contribution is 2.27. The highest BCUT2D eigenvalue weighted by Gasteiger charge is 2.06. The Labute approximate surface area is 136 Å². The molecule has 0 saturated carbocycles. The predicted octanol–water partition coefficient (Wildman–Crippen LogP) is 5.09. The summed E-state index contributed by atoms with van der Waals surface area (Å²) in [4.78, 5) is 5.29. The molecule has 1 heterocycles. The molecule has 0 amide bonds. The van der Waals surface area contributed by atoms with Crippen LogP contribution in [0.4, 0.5) is 0 Å². The smallest absolute Gasteiger partial charge is 0.0629 e. The minimum atomic E-state index is 0.384. The highest BCUT2D eigenvalue weighted by molar-refractivity contribution is 7.98. The molecule has 0 bridgehead atoms. The molecule has 0 aliphatic carbocycles. The van der Waals surface area contributed by atoms with Gasteiger partial charge in [0.25, 0.3) is 0 Å². The molecule has 1 N–H and O–H groups in total. The summed E-state index contributed by atoms with van der Waals surface area (Å²) >= 11 is 7.95. The number of hydrogen-bond acceptors (Lipinski definition) is 3. The van der Waals surface area contributed by atoms with Gasteiger partial charge in [0, 0.05) is 29.1 Å². The fourth-order valence-corrected chi connectivity index (χ4v) is 3.27. The molecular weight excluding hydrogens is 300 g/mol. The van der Waals surface area contributed by atoms with Gasteiger partial charge in [-0.2, -0.15) is 0 Å². The van der Waals surface area contributed by atoms with Crippen LogP contribution in [-0.2, 0) is 5.75 Å². The van der Waals surface area contributed by atoms with Crippen molar-refractivity contribution in [3.8, 4) is 0 Å². The molecule has 0 aliphatic rings. The van der Waals surface area contributed by atoms with E-state index in [0.717, 1.165) is 29.3 Å². The van der Waals surface area contributed by atoms with Crippen LogP contribution in [0.15, 0.2) is 47.6 Å². The predicted molar refractivity (Wildman–Crippen MR) is 92.0 cm³/mol. The molecule has 2 aromatic rings. The van der Waals surface area contributed by atoms with Gasteiger partial charge in [-0.15, -0.1) is 11.8 Å². The van der Waals surface area contributed by atoms with Crippen LogP contribution in [0.25, 0.3) is 0 Å². The Bertz CT molecular complexity index is 574. The zero-order valence-corrected chi connectivity index (χ0v) is 14.0. The lowest BCUT2D eigenvalue weighted by Gasteiger charge is -2.14. The van der Waals surface area contributed by atoms with Crippen LogP contribution in [0.2, 0.25) is 5.02 Å². The van der Waals surface area contributed by atoms with Crippen LogP contribution in [0.1, 0.15) is 37.4 Å². The Kier molecular flexibility index (Phi) is 6.55. The lowest BCUT2D eigenvalue weighted by molar-refractivity contribution is 0.570. The van der Waals surface area contributed by atoms with Crippen LogP contribution < -0.4 is 5.32 Å². The molecule has 2 nitrogen and oxygen atoms in total. The standard InChI is InChI=1S/C17H21ClN2S/c1-3-8-20-13(2)14-5-4-6-16(10-14)21-12-15-7-9-19-11-17(15)18/h4-7,9-11,13,20H,3,8,12H2,1-2H3. The maximum atomic E-state index is 6.14. The van der Waals surface area contributed by atoms with Gasteiger partial charge in [0.05, 0.1) is 5.02 Å². The number of nitrogens with zero attached hydrogens (tertiary/aromatic N) is 1. The molecule has 1 aromatic heterocycles. The van der Waals surface area contributed by atoms with Crippen molar-refractivity contribution in [1.29, 1.82) is 0 Å². The molecule has 1 aromatic carbocycles. The molecule has 21 heavy (non-hydrogen) atoms. The van der Waals surface area contributed by atoms with Crippen molar-refractivity contribution in [1.82, 2.24) is 10.3 Å². The summed E-state index contributed by atoms with van der Waals surface area (Å²) in [5.74, 6) is 0.863. The second-order valence-electron chi connectivity index (χ2n) is 5.00. The fraction of sp³-hybridized carbons (Fsp3) is 0.353. The number of aromatic nitrogens is 1. The summed E-state index contributed by atoms with van der Waals surface area (Å²) in [7, 11) is 0. The summed E-state index contributed by atoms with van der Waals surface area (Å²) in [6, 6.07) is 11.1. The van der Waals surface area contributed by atoms with Crippen molar-refractivity contribution < 1.29 is 0 Å². The van der Waals surface area contributed by atoms with Crippen LogP contribution in [0.3, 0.4) is 0 Å². The second-order valence-corrected chi connectivity index (χ2v) is 6.46. The van der Waals surface area contributed by atoms with Gasteiger partial charge in [-0.1, -0.05) is 30.7 Å². The minimum absolute atomic E-state index is 0.384. The SMILES string of the molecule is CCCNC(C)c1cccc(SCc2ccncc2Cl)c1. The van der Waals surface area contributed by atoms with E-state index in [1.165, 1.54) is 10.5 Å². The highest BCUT2D eigenvalue weighted by atomic mass is 35.5. The molecule has 0 radical (unpaired) electrons. The third-order valence-electron chi connectivity index (χ3n) is 3.31. The van der Waals surface area contributed by atoms with Gasteiger partial charge in [-0.3, -0.25) is 4.98 Å². The van der Waals surface area contributed by atoms with E-state index in [9.17, 15) is 0 Å². The monoisotopic (exact) mass is 320 g/mol. The van der Waals surface area contributed by atoms with Crippen LogP contribution in [0.5, 0.6) is 0 Å². The van der Waals surface area contributed by atoms with Gasteiger partial charge in [0.1, 0.15) is 0 Å². The Morgan fingerprint density at radius 1 is 1.33 bits per heavy atom. The average molecular weight is 321 g/mol. The second kappa shape index (κ2) is 8.42. The van der Waals surface area contributed by atoms with E-state index in [0.29, 0.717) is 6.04 Å². The third-order valence-corrected chi connectivity index (χ3v) is 4.69. The Balaban J connectivity index is 1.99. The van der Waals surface area contributed by atoms with Gasteiger partial charge < -0.3 is 5.32 Å². The molecular formula is C17H21ClN2S. The van der Waals surface area contributed by atoms with E-state index in [1.807, 2.05) is 6.07 Å². The third kappa shape index (κ3) is 5.03. The van der Waals surface area contributed by atoms with Crippen molar-refractivity contribution in [2.75, 3.05) is 6.54 Å². The Morgan fingerprint density at radius 3 is 2.95 bits per heavy atom. The summed E-state index contributed by atoms with van der Waals surface area (Å²) in [5, 5.41) is 4.26. The first-order valence-electron chi connectivity index (χ1n) is 7.25. The van der Waals surface area contributed by atoms with Crippen molar-refractivity contribution in [3.05, 3.63) is 58.9 Å². The van der Waals surface area contributed by atoms with Crippen molar-refractivity contribution in [3.63, 3.8) is 0 Å². The first kappa shape index (κ1) is 16.3. The van der Waals surface area contributed by atoms with E-state index in [1.54, 1.807) is 24.2 Å². The first-order valence-corrected chi connectivity index (χ1v) is 8.61. The van der Waals surface area contributed by atoms with Crippen LogP contribution in [-0.4, -0.2) is 11.5 Å². The largest absolute Gasteiger partial charge is 0.310 e. The molecule has 0 spiro atoms. The molecule has 1 unspecified atom stereocenters. The summed E-state index contributed by atoms with van der Waals surface area (Å²) < 4.78 is 0. The summed E-state index contributed by atoms with van der Waals surface area (Å²) in [5.41, 5.74) is 2.45. The minimum Gasteiger partial charge on any atom is -0.310 e. The number of thioether (sulfide) groups is 1. The summed E-state index contributed by atoms with van der Waals surface area (Å²) in [6.45, 7) is 5.44. The number of benzene rings is 1. The van der Waals surface area contributed by atoms with Crippen LogP contribution >= 0.6 is 23.4 Å². The van der Waals surface area contributed by atoms with E-state index in [-0.39, 0.29) is 0 Å². The summed E-state index contributed by atoms with van der Waals surface area (Å²) in [6.07, 6.45) is 4.64. The quantitative estimate of drug-likeness (QED) is 0.719. The number of halogens is 1. The number of pyridine rings is 1. The maximum absolute atomic E-state index is 6.14. The molecule has 0 saturated heterocycles. The van der Waals surface area contributed by atoms with E-state index >= 15 is 0 Å². The van der Waals surface area contributed by atoms with Gasteiger partial charge in [-0.25, -0.2) is 0 Å². The van der Waals surface area contributed by atoms with Gasteiger partial charge in [-0.05, 0) is 49.2 Å². The van der Waals surface area contributed by atoms with E-state index < -0.39 is 0 Å². The zero-order chi connectivity index (χ0) is 15.1. The van der Waals surface area contributed by atoms with E-state index in [4.69, 9.17) is 11.6 Å². The van der Waals surface area contributed by atoms with Gasteiger partial charge in [0.2, 0.25) is 0 Å². The lowest BCUT2D eigenvalue weighted by Crippen LogP contribution is -2.19. The normalized spacial score (nSPS) is 12.3. The number of hydrogen-bond donors (Lipinski definition) is 1. The Morgan fingerprint density at radius 2 is 2.19 bits per heavy atom.